The van der Waals surface area contributed by atoms with Gasteiger partial charge in [0, 0.05) is 30.6 Å². The Bertz CT molecular complexity index is 1360. The zero-order valence-corrected chi connectivity index (χ0v) is 18.7. The van der Waals surface area contributed by atoms with E-state index in [1.54, 1.807) is 0 Å². The lowest BCUT2D eigenvalue weighted by atomic mass is 9.97. The van der Waals surface area contributed by atoms with Gasteiger partial charge in [0.05, 0.1) is 11.2 Å². The fourth-order valence-corrected chi connectivity index (χ4v) is 4.55. The van der Waals surface area contributed by atoms with E-state index in [0.717, 1.165) is 21.8 Å². The molecule has 2 aromatic carbocycles. The van der Waals surface area contributed by atoms with Crippen molar-refractivity contribution >= 4 is 28.7 Å². The second kappa shape index (κ2) is 8.09. The van der Waals surface area contributed by atoms with Crippen LogP contribution in [0.4, 0.5) is 9.18 Å². The average molecular weight is 460 g/mol. The summed E-state index contributed by atoms with van der Waals surface area (Å²) < 4.78 is 17.7. The number of carboxylic acid groups (broad SMARTS) is 1. The highest BCUT2D eigenvalue weighted by Gasteiger charge is 2.32. The second-order valence-electron chi connectivity index (χ2n) is 8.53. The molecule has 1 fully saturated rings. The topological polar surface area (TPSA) is 84.5 Å². The molecule has 1 amide bonds. The van der Waals surface area contributed by atoms with E-state index in [2.05, 4.69) is 0 Å². The zero-order chi connectivity index (χ0) is 23.3. The van der Waals surface area contributed by atoms with E-state index in [1.165, 1.54) is 15.5 Å². The van der Waals surface area contributed by atoms with Gasteiger partial charge < -0.3 is 14.6 Å². The Morgan fingerprint density at radius 1 is 1.22 bits per heavy atom. The highest BCUT2D eigenvalue weighted by Crippen LogP contribution is 2.30. The van der Waals surface area contributed by atoms with Crippen LogP contribution in [0.1, 0.15) is 30.9 Å². The number of fused-ring (bicyclic) bond motifs is 1. The molecule has 168 valence electrons. The standard InChI is InChI=1S/C23H23ClFN3O4/c1-12(2)16-6-4-5-13(3)19(16)28-20-17(25)7-15(24)8-18(20)27(21(29)22(28)30)11-14-9-26(10-14)23(31)32/h4-8,12,14H,9-11H2,1-3H3,(H,31,32). The maximum absolute atomic E-state index is 15.3. The van der Waals surface area contributed by atoms with Crippen LogP contribution in [0.2, 0.25) is 5.02 Å². The number of halogens is 2. The Morgan fingerprint density at radius 3 is 2.53 bits per heavy atom. The number of aromatic nitrogens is 2. The third kappa shape index (κ3) is 3.58. The van der Waals surface area contributed by atoms with E-state index in [-0.39, 0.29) is 47.5 Å². The fraction of sp³-hybridized carbons (Fsp3) is 0.348. The van der Waals surface area contributed by atoms with Crippen LogP contribution in [-0.2, 0) is 6.54 Å². The summed E-state index contributed by atoms with van der Waals surface area (Å²) in [5.74, 6) is -0.840. The van der Waals surface area contributed by atoms with Crippen molar-refractivity contribution in [1.29, 1.82) is 0 Å². The monoisotopic (exact) mass is 459 g/mol. The highest BCUT2D eigenvalue weighted by molar-refractivity contribution is 6.31. The van der Waals surface area contributed by atoms with Gasteiger partial charge >= 0.3 is 17.2 Å². The van der Waals surface area contributed by atoms with Crippen molar-refractivity contribution in [3.63, 3.8) is 0 Å². The summed E-state index contributed by atoms with van der Waals surface area (Å²) in [6, 6.07) is 8.13. The summed E-state index contributed by atoms with van der Waals surface area (Å²) in [5, 5.41) is 9.16. The molecule has 3 aromatic rings. The molecule has 0 spiro atoms. The minimum Gasteiger partial charge on any atom is -0.465 e. The minimum atomic E-state index is -1.04. The van der Waals surface area contributed by atoms with Crippen LogP contribution in [0.3, 0.4) is 0 Å². The maximum Gasteiger partial charge on any atom is 0.407 e. The van der Waals surface area contributed by atoms with Gasteiger partial charge in [0.25, 0.3) is 0 Å². The first-order chi connectivity index (χ1) is 15.1. The predicted molar refractivity (Wildman–Crippen MR) is 121 cm³/mol. The van der Waals surface area contributed by atoms with Gasteiger partial charge in [-0.15, -0.1) is 0 Å². The Morgan fingerprint density at radius 2 is 1.91 bits per heavy atom. The Kier molecular flexibility index (Phi) is 5.58. The molecule has 0 saturated carbocycles. The largest absolute Gasteiger partial charge is 0.465 e. The van der Waals surface area contributed by atoms with Gasteiger partial charge in [-0.1, -0.05) is 43.6 Å². The molecule has 0 atom stereocenters. The lowest BCUT2D eigenvalue weighted by Gasteiger charge is -2.37. The molecule has 0 bridgehead atoms. The van der Waals surface area contributed by atoms with Gasteiger partial charge in [-0.05, 0) is 36.1 Å². The summed E-state index contributed by atoms with van der Waals surface area (Å²) >= 11 is 6.12. The van der Waals surface area contributed by atoms with Crippen LogP contribution < -0.4 is 11.1 Å². The number of hydrogen-bond donors (Lipinski definition) is 1. The number of carbonyl (C=O) groups is 1. The van der Waals surface area contributed by atoms with Crippen molar-refractivity contribution < 1.29 is 14.3 Å². The number of amides is 1. The summed E-state index contributed by atoms with van der Waals surface area (Å²) in [5.41, 5.74) is 0.563. The molecule has 0 aliphatic carbocycles. The number of hydrogen-bond acceptors (Lipinski definition) is 3. The fourth-order valence-electron chi connectivity index (χ4n) is 4.35. The molecule has 0 radical (unpaired) electrons. The van der Waals surface area contributed by atoms with E-state index in [9.17, 15) is 14.4 Å². The van der Waals surface area contributed by atoms with Crippen molar-refractivity contribution in [2.24, 2.45) is 5.92 Å². The first-order valence-electron chi connectivity index (χ1n) is 10.3. The van der Waals surface area contributed by atoms with Gasteiger partial charge in [0.15, 0.2) is 5.82 Å². The third-order valence-electron chi connectivity index (χ3n) is 5.94. The minimum absolute atomic E-state index is 0.0235. The molecule has 1 aliphatic rings. The lowest BCUT2D eigenvalue weighted by molar-refractivity contribution is 0.0748. The predicted octanol–water partition coefficient (Wildman–Crippen LogP) is 3.99. The molecule has 1 N–H and O–H groups in total. The molecular weight excluding hydrogens is 437 g/mol. The number of nitrogens with zero attached hydrogens (tertiary/aromatic N) is 3. The molecule has 1 aliphatic heterocycles. The van der Waals surface area contributed by atoms with Crippen molar-refractivity contribution in [2.75, 3.05) is 13.1 Å². The molecule has 0 unspecified atom stereocenters. The van der Waals surface area contributed by atoms with E-state index in [0.29, 0.717) is 5.69 Å². The van der Waals surface area contributed by atoms with E-state index >= 15 is 4.39 Å². The smallest absolute Gasteiger partial charge is 0.407 e. The van der Waals surface area contributed by atoms with Crippen LogP contribution in [0.25, 0.3) is 16.7 Å². The molecule has 4 rings (SSSR count). The Hall–Kier alpha value is -3.13. The van der Waals surface area contributed by atoms with Crippen molar-refractivity contribution in [2.45, 2.75) is 33.2 Å². The van der Waals surface area contributed by atoms with Crippen LogP contribution in [-0.4, -0.2) is 38.3 Å². The Labute approximate surface area is 188 Å². The zero-order valence-electron chi connectivity index (χ0n) is 17.9. The van der Waals surface area contributed by atoms with Crippen LogP contribution in [0.15, 0.2) is 39.9 Å². The third-order valence-corrected chi connectivity index (χ3v) is 6.15. The molecule has 32 heavy (non-hydrogen) atoms. The van der Waals surface area contributed by atoms with Gasteiger partial charge in [0.2, 0.25) is 0 Å². The van der Waals surface area contributed by atoms with Crippen LogP contribution in [0, 0.1) is 18.7 Å². The number of aryl methyl sites for hydroxylation is 1. The first kappa shape index (κ1) is 22.1. The highest BCUT2D eigenvalue weighted by atomic mass is 35.5. The quantitative estimate of drug-likeness (QED) is 0.598. The van der Waals surface area contributed by atoms with Crippen molar-refractivity contribution in [3.8, 4) is 5.69 Å². The van der Waals surface area contributed by atoms with Gasteiger partial charge in [-0.2, -0.15) is 0 Å². The molecule has 1 saturated heterocycles. The number of para-hydroxylation sites is 1. The average Bonchev–Trinajstić information content (AvgIpc) is 2.67. The molecule has 2 heterocycles. The maximum atomic E-state index is 15.3. The number of likely N-dealkylation sites (tertiary alicyclic amines) is 1. The number of benzene rings is 2. The van der Waals surface area contributed by atoms with E-state index < -0.39 is 23.0 Å². The van der Waals surface area contributed by atoms with Gasteiger partial charge in [0.1, 0.15) is 5.52 Å². The van der Waals surface area contributed by atoms with Gasteiger partial charge in [-0.25, -0.2) is 9.18 Å². The SMILES string of the molecule is Cc1cccc(C(C)C)c1-n1c(=O)c(=O)n(CC2CN(C(=O)O)C2)c2cc(Cl)cc(F)c21. The first-order valence-corrected chi connectivity index (χ1v) is 10.7. The molecule has 1 aromatic heterocycles. The molecule has 7 nitrogen and oxygen atoms in total. The van der Waals surface area contributed by atoms with Crippen molar-refractivity contribution in [1.82, 2.24) is 14.0 Å². The summed E-state index contributed by atoms with van der Waals surface area (Å²) in [6.07, 6.45) is -1.04. The second-order valence-corrected chi connectivity index (χ2v) is 8.97. The molecular formula is C23H23ClFN3O4. The van der Waals surface area contributed by atoms with Crippen LogP contribution >= 0.6 is 11.6 Å². The summed E-state index contributed by atoms with van der Waals surface area (Å²) in [7, 11) is 0. The lowest BCUT2D eigenvalue weighted by Crippen LogP contribution is -2.52. The van der Waals surface area contributed by atoms with E-state index in [1.807, 2.05) is 39.0 Å². The summed E-state index contributed by atoms with van der Waals surface area (Å²) in [6.45, 7) is 6.32. The number of rotatable bonds is 4. The van der Waals surface area contributed by atoms with Crippen molar-refractivity contribution in [3.05, 3.63) is 73.0 Å². The molecule has 9 heteroatoms. The Balaban J connectivity index is 2.01. The summed E-state index contributed by atoms with van der Waals surface area (Å²) in [4.78, 5) is 38.8. The van der Waals surface area contributed by atoms with Gasteiger partial charge in [-0.3, -0.25) is 14.2 Å². The van der Waals surface area contributed by atoms with Crippen LogP contribution in [0.5, 0.6) is 0 Å². The van der Waals surface area contributed by atoms with E-state index in [4.69, 9.17) is 16.7 Å². The normalized spacial score (nSPS) is 14.2.